The van der Waals surface area contributed by atoms with E-state index >= 15 is 0 Å². The molecule has 0 aliphatic carbocycles. The Balaban J connectivity index is 1.57. The van der Waals surface area contributed by atoms with Gasteiger partial charge in [-0.3, -0.25) is 9.59 Å². The lowest BCUT2D eigenvalue weighted by Gasteiger charge is -2.26. The van der Waals surface area contributed by atoms with E-state index in [1.165, 1.54) is 13.4 Å². The van der Waals surface area contributed by atoms with Crippen LogP contribution in [-0.4, -0.2) is 27.0 Å². The highest BCUT2D eigenvalue weighted by atomic mass is 16.7. The van der Waals surface area contributed by atoms with Gasteiger partial charge in [0.25, 0.3) is 0 Å². The molecule has 3 heterocycles. The molecule has 2 aliphatic rings. The van der Waals surface area contributed by atoms with Crippen molar-refractivity contribution in [1.29, 1.82) is 0 Å². The van der Waals surface area contributed by atoms with Crippen molar-refractivity contribution >= 4 is 16.9 Å². The topological polar surface area (TPSA) is 93.4 Å². The summed E-state index contributed by atoms with van der Waals surface area (Å²) in [5, 5.41) is 0.281. The number of carbonyl (C=O) groups is 1. The first kappa shape index (κ1) is 21.1. The molecule has 1 atom stereocenters. The van der Waals surface area contributed by atoms with E-state index < -0.39 is 11.9 Å². The summed E-state index contributed by atoms with van der Waals surface area (Å²) in [6, 6.07) is 14.2. The van der Waals surface area contributed by atoms with Gasteiger partial charge in [-0.1, -0.05) is 18.2 Å². The number of fused-ring (bicyclic) bond motifs is 4. The number of methoxy groups -OCH3 is 2. The SMILES string of the molecule is COc1ccc(-c2coc3c4c(cc(OC)c3c2=O)OC(=O)C[C@@H]4c2ccc3c(c2)OCO3)cc1. The summed E-state index contributed by atoms with van der Waals surface area (Å²) in [4.78, 5) is 26.2. The summed E-state index contributed by atoms with van der Waals surface area (Å²) in [5.74, 6) is 1.68. The second-order valence-electron chi connectivity index (χ2n) is 8.25. The van der Waals surface area contributed by atoms with Gasteiger partial charge in [0.05, 0.1) is 26.2 Å². The van der Waals surface area contributed by atoms with Crippen LogP contribution in [0.1, 0.15) is 23.5 Å². The van der Waals surface area contributed by atoms with Gasteiger partial charge in [-0.2, -0.15) is 0 Å². The molecule has 4 aromatic rings. The molecule has 0 radical (unpaired) electrons. The van der Waals surface area contributed by atoms with Gasteiger partial charge in [-0.25, -0.2) is 0 Å². The van der Waals surface area contributed by atoms with Gasteiger partial charge in [0.15, 0.2) is 11.5 Å². The smallest absolute Gasteiger partial charge is 0.312 e. The van der Waals surface area contributed by atoms with Gasteiger partial charge < -0.3 is 28.1 Å². The number of benzene rings is 3. The summed E-state index contributed by atoms with van der Waals surface area (Å²) in [6.07, 6.45) is 1.51. The zero-order valence-electron chi connectivity index (χ0n) is 19.0. The van der Waals surface area contributed by atoms with Gasteiger partial charge in [-0.05, 0) is 35.4 Å². The number of ether oxygens (including phenoxy) is 5. The average molecular weight is 472 g/mol. The number of hydrogen-bond donors (Lipinski definition) is 0. The fourth-order valence-electron chi connectivity index (χ4n) is 4.66. The molecule has 0 saturated carbocycles. The molecule has 0 bridgehead atoms. The van der Waals surface area contributed by atoms with Crippen molar-refractivity contribution in [1.82, 2.24) is 0 Å². The Kier molecular flexibility index (Phi) is 4.88. The fourth-order valence-corrected chi connectivity index (χ4v) is 4.66. The predicted molar refractivity (Wildman–Crippen MR) is 126 cm³/mol. The molecular weight excluding hydrogens is 452 g/mol. The molecule has 176 valence electrons. The number of hydrogen-bond acceptors (Lipinski definition) is 8. The lowest BCUT2D eigenvalue weighted by molar-refractivity contribution is -0.135. The van der Waals surface area contributed by atoms with E-state index in [1.54, 1.807) is 43.5 Å². The van der Waals surface area contributed by atoms with Crippen molar-refractivity contribution in [2.45, 2.75) is 12.3 Å². The Morgan fingerprint density at radius 2 is 1.69 bits per heavy atom. The zero-order chi connectivity index (χ0) is 24.1. The lowest BCUT2D eigenvalue weighted by atomic mass is 9.84. The minimum absolute atomic E-state index is 0.0814. The zero-order valence-corrected chi connectivity index (χ0v) is 19.0. The molecule has 0 fully saturated rings. The van der Waals surface area contributed by atoms with Gasteiger partial charge in [0.1, 0.15) is 34.5 Å². The van der Waals surface area contributed by atoms with Crippen LogP contribution in [0.15, 0.2) is 64.0 Å². The van der Waals surface area contributed by atoms with Crippen LogP contribution in [0, 0.1) is 0 Å². The maximum atomic E-state index is 13.7. The van der Waals surface area contributed by atoms with Crippen LogP contribution in [0.4, 0.5) is 0 Å². The summed E-state index contributed by atoms with van der Waals surface area (Å²) in [5.41, 5.74) is 2.55. The molecule has 3 aromatic carbocycles. The van der Waals surface area contributed by atoms with Crippen LogP contribution >= 0.6 is 0 Å². The Labute approximate surface area is 199 Å². The van der Waals surface area contributed by atoms with Crippen molar-refractivity contribution in [3.63, 3.8) is 0 Å². The highest BCUT2D eigenvalue weighted by Gasteiger charge is 2.34. The van der Waals surface area contributed by atoms with Crippen LogP contribution in [0.3, 0.4) is 0 Å². The summed E-state index contributed by atoms with van der Waals surface area (Å²) < 4.78 is 33.3. The molecule has 0 N–H and O–H groups in total. The molecular formula is C27H20O8. The molecule has 35 heavy (non-hydrogen) atoms. The third kappa shape index (κ3) is 3.37. The quantitative estimate of drug-likeness (QED) is 0.313. The fraction of sp³-hybridized carbons (Fsp3) is 0.185. The maximum Gasteiger partial charge on any atom is 0.312 e. The third-order valence-corrected chi connectivity index (χ3v) is 6.38. The molecule has 0 saturated heterocycles. The van der Waals surface area contributed by atoms with E-state index in [2.05, 4.69) is 0 Å². The first-order chi connectivity index (χ1) is 17.1. The predicted octanol–water partition coefficient (Wildman–Crippen LogP) is 4.65. The minimum atomic E-state index is -0.413. The molecule has 1 aromatic heterocycles. The Morgan fingerprint density at radius 1 is 0.886 bits per heavy atom. The highest BCUT2D eigenvalue weighted by Crippen LogP contribution is 2.47. The van der Waals surface area contributed by atoms with Crippen molar-refractivity contribution in [3.8, 4) is 39.9 Å². The van der Waals surface area contributed by atoms with Crippen molar-refractivity contribution in [2.75, 3.05) is 21.0 Å². The van der Waals surface area contributed by atoms with Crippen LogP contribution in [0.2, 0.25) is 0 Å². The molecule has 0 spiro atoms. The van der Waals surface area contributed by atoms with Crippen LogP contribution in [-0.2, 0) is 4.79 Å². The number of rotatable bonds is 4. The third-order valence-electron chi connectivity index (χ3n) is 6.38. The Morgan fingerprint density at radius 3 is 2.46 bits per heavy atom. The first-order valence-corrected chi connectivity index (χ1v) is 11.0. The normalized spacial score (nSPS) is 16.1. The number of carbonyl (C=O) groups excluding carboxylic acids is 1. The van der Waals surface area contributed by atoms with Gasteiger partial charge in [0, 0.05) is 17.5 Å². The van der Waals surface area contributed by atoms with E-state index in [4.69, 9.17) is 28.1 Å². The van der Waals surface area contributed by atoms with Gasteiger partial charge in [-0.15, -0.1) is 0 Å². The second-order valence-corrected chi connectivity index (χ2v) is 8.25. The first-order valence-electron chi connectivity index (χ1n) is 11.0. The molecule has 0 unspecified atom stereocenters. The number of esters is 1. The molecule has 0 amide bonds. The van der Waals surface area contributed by atoms with Crippen LogP contribution in [0.25, 0.3) is 22.1 Å². The van der Waals surface area contributed by atoms with Crippen molar-refractivity contribution < 1.29 is 32.9 Å². The largest absolute Gasteiger partial charge is 0.497 e. The van der Waals surface area contributed by atoms with Crippen molar-refractivity contribution in [2.24, 2.45) is 0 Å². The Hall–Kier alpha value is -4.46. The summed E-state index contributed by atoms with van der Waals surface area (Å²) >= 11 is 0. The molecule has 8 nitrogen and oxygen atoms in total. The van der Waals surface area contributed by atoms with E-state index in [0.717, 1.165) is 5.56 Å². The Bertz CT molecular complexity index is 1530. The molecule has 8 heteroatoms. The van der Waals surface area contributed by atoms with E-state index in [1.807, 2.05) is 12.1 Å². The van der Waals surface area contributed by atoms with E-state index in [9.17, 15) is 9.59 Å². The monoisotopic (exact) mass is 472 g/mol. The molecule has 6 rings (SSSR count). The minimum Gasteiger partial charge on any atom is -0.497 e. The van der Waals surface area contributed by atoms with Gasteiger partial charge in [0.2, 0.25) is 12.2 Å². The highest BCUT2D eigenvalue weighted by molar-refractivity contribution is 5.94. The van der Waals surface area contributed by atoms with Crippen LogP contribution in [0.5, 0.6) is 28.7 Å². The van der Waals surface area contributed by atoms with E-state index in [0.29, 0.717) is 45.3 Å². The van der Waals surface area contributed by atoms with Gasteiger partial charge >= 0.3 is 5.97 Å². The second kappa shape index (κ2) is 8.09. The maximum absolute atomic E-state index is 13.7. The summed E-state index contributed by atoms with van der Waals surface area (Å²) in [6.45, 7) is 0.144. The van der Waals surface area contributed by atoms with Crippen molar-refractivity contribution in [3.05, 3.63) is 76.1 Å². The standard InChI is InChI=1S/C27H20O8/c1-30-16-6-3-14(4-7-16)18-12-32-27-24-17(15-5-8-19-20(9-15)34-13-33-19)10-23(28)35-22(24)11-21(31-2)25(27)26(18)29/h3-9,11-12,17H,10,13H2,1-2H3/t17-/m1/s1. The van der Waals surface area contributed by atoms with Crippen LogP contribution < -0.4 is 29.1 Å². The lowest BCUT2D eigenvalue weighted by Crippen LogP contribution is -2.22. The van der Waals surface area contributed by atoms with E-state index in [-0.39, 0.29) is 29.8 Å². The summed E-state index contributed by atoms with van der Waals surface area (Å²) in [7, 11) is 3.04. The molecule has 2 aliphatic heterocycles. The average Bonchev–Trinajstić information content (AvgIpc) is 3.36.